The Hall–Kier alpha value is 1.75. The molecule has 119 valence electrons. The number of unbranched alkanes of at least 4 members (excludes halogenated alkanes) is 1. The van der Waals surface area contributed by atoms with Gasteiger partial charge in [-0.3, -0.25) is 0 Å². The minimum atomic E-state index is -3.81. The average Bonchev–Trinajstić information content (AvgIpc) is 2.14. The monoisotopic (exact) mass is 439 g/mol. The van der Waals surface area contributed by atoms with E-state index >= 15 is 0 Å². The largest absolute Gasteiger partial charge is 0.325 e. The van der Waals surface area contributed by atoms with E-state index in [4.69, 9.17) is 29.4 Å². The van der Waals surface area contributed by atoms with Gasteiger partial charge < -0.3 is 29.4 Å². The molecule has 0 aliphatic heterocycles. The molecule has 6 N–H and O–H groups in total. The standard InChI is InChI=1S/C8H17.Mo.2H3O3PS/c1-4-6-7-8(3)5-2;;2*1-4(2,3)5/h8H,3-7H2,1-2H3;;2*(H3,1,2,3,5). The molecule has 0 aliphatic rings. The van der Waals surface area contributed by atoms with Crippen molar-refractivity contribution in [2.45, 2.75) is 44.3 Å². The molecule has 0 fully saturated rings. The van der Waals surface area contributed by atoms with E-state index < -0.39 is 13.4 Å². The molecule has 0 aliphatic carbocycles. The van der Waals surface area contributed by atoms with Crippen LogP contribution in [0.1, 0.15) is 39.5 Å². The Kier molecular flexibility index (Phi) is 19.8. The van der Waals surface area contributed by atoms with E-state index in [2.05, 4.69) is 57.3 Å². The van der Waals surface area contributed by atoms with E-state index in [0.717, 1.165) is 5.92 Å². The molecular formula is C8H23MoO6P2S2. The molecule has 19 heavy (non-hydrogen) atoms. The van der Waals surface area contributed by atoms with Gasteiger partial charge in [-0.2, -0.15) is 0 Å². The number of rotatable bonds is 5. The summed E-state index contributed by atoms with van der Waals surface area (Å²) in [6.07, 6.45) is 5.61. The molecule has 0 heterocycles. The third-order valence-electron chi connectivity index (χ3n) is 1.78. The van der Waals surface area contributed by atoms with Gasteiger partial charge in [0.15, 0.2) is 0 Å². The first-order valence-electron chi connectivity index (χ1n) is 5.49. The molecule has 0 aromatic carbocycles. The summed E-state index contributed by atoms with van der Waals surface area (Å²) in [6, 6.07) is 0. The van der Waals surface area contributed by atoms with Crippen LogP contribution < -0.4 is 0 Å². The van der Waals surface area contributed by atoms with Crippen LogP contribution in [0.15, 0.2) is 0 Å². The van der Waals surface area contributed by atoms with E-state index in [1.807, 2.05) is 0 Å². The topological polar surface area (TPSA) is 121 Å². The summed E-state index contributed by atoms with van der Waals surface area (Å²) in [6.45, 7) is -3.05. The maximum Gasteiger partial charge on any atom is 0.319 e. The van der Waals surface area contributed by atoms with Gasteiger partial charge in [0.05, 0.1) is 0 Å². The van der Waals surface area contributed by atoms with Crippen molar-refractivity contribution in [1.82, 2.24) is 0 Å². The van der Waals surface area contributed by atoms with Crippen LogP contribution >= 0.6 is 13.4 Å². The van der Waals surface area contributed by atoms with Crippen LogP contribution in [0.4, 0.5) is 0 Å². The quantitative estimate of drug-likeness (QED) is 0.283. The second-order valence-corrected chi connectivity index (χ2v) is 9.42. The maximum atomic E-state index is 7.56. The first-order chi connectivity index (χ1) is 8.35. The smallest absolute Gasteiger partial charge is 0.319 e. The Bertz CT molecular complexity index is 242. The Labute approximate surface area is 136 Å². The third-order valence-corrected chi connectivity index (χ3v) is 2.94. The number of hydrogen-bond acceptors (Lipinski definition) is 2. The van der Waals surface area contributed by atoms with Crippen molar-refractivity contribution >= 4 is 37.1 Å². The van der Waals surface area contributed by atoms with Crippen molar-refractivity contribution in [2.75, 3.05) is 0 Å². The molecule has 0 bridgehead atoms. The molecule has 0 spiro atoms. The summed E-state index contributed by atoms with van der Waals surface area (Å²) in [7, 11) is 0. The van der Waals surface area contributed by atoms with Gasteiger partial charge in [0.2, 0.25) is 0 Å². The summed E-state index contributed by atoms with van der Waals surface area (Å²) < 4.78 is 0. The Morgan fingerprint density at radius 2 is 1.26 bits per heavy atom. The van der Waals surface area contributed by atoms with Crippen LogP contribution in [0, 0.1) is 5.92 Å². The fourth-order valence-electron chi connectivity index (χ4n) is 0.898. The van der Waals surface area contributed by atoms with Crippen LogP contribution in [-0.2, 0) is 43.4 Å². The molecule has 1 atom stereocenters. The normalized spacial score (nSPS) is 12.6. The van der Waals surface area contributed by atoms with Gasteiger partial charge in [-0.25, -0.2) is 0 Å². The van der Waals surface area contributed by atoms with Crippen molar-refractivity contribution in [3.05, 3.63) is 0 Å². The minimum absolute atomic E-state index is 1.01. The summed E-state index contributed by atoms with van der Waals surface area (Å²) in [4.78, 5) is 46.7. The molecule has 0 radical (unpaired) electrons. The van der Waals surface area contributed by atoms with Crippen molar-refractivity contribution in [2.24, 2.45) is 5.92 Å². The summed E-state index contributed by atoms with van der Waals surface area (Å²) in [5, 5.41) is 0. The third kappa shape index (κ3) is 65.5. The fraction of sp³-hybridized carbons (Fsp3) is 1.00. The van der Waals surface area contributed by atoms with Crippen LogP contribution in [0.2, 0.25) is 4.81 Å². The van der Waals surface area contributed by atoms with Crippen LogP contribution in [-0.4, -0.2) is 29.4 Å². The number of hydrogen-bond donors (Lipinski definition) is 6. The molecule has 0 rings (SSSR count). The summed E-state index contributed by atoms with van der Waals surface area (Å²) in [5.74, 6) is 1.01. The summed E-state index contributed by atoms with van der Waals surface area (Å²) >= 11 is 9.44. The molecule has 11 heteroatoms. The SMILES string of the molecule is CCCCC(CC)[CH2][Mo].OP(O)(O)=S.OP(O)(O)=S. The molecule has 0 aromatic heterocycles. The van der Waals surface area contributed by atoms with E-state index in [-0.39, 0.29) is 0 Å². The van der Waals surface area contributed by atoms with Crippen LogP contribution in [0.3, 0.4) is 0 Å². The Morgan fingerprint density at radius 3 is 1.42 bits per heavy atom. The zero-order valence-corrected chi connectivity index (χ0v) is 16.3. The van der Waals surface area contributed by atoms with Gasteiger partial charge in [0, 0.05) is 0 Å². The van der Waals surface area contributed by atoms with Gasteiger partial charge >= 0.3 is 83.5 Å². The second-order valence-electron chi connectivity index (χ2n) is 3.61. The second kappa shape index (κ2) is 14.7. The van der Waals surface area contributed by atoms with Crippen LogP contribution in [0.25, 0.3) is 0 Å². The van der Waals surface area contributed by atoms with E-state index in [0.29, 0.717) is 0 Å². The molecule has 6 nitrogen and oxygen atoms in total. The van der Waals surface area contributed by atoms with Gasteiger partial charge in [0.25, 0.3) is 0 Å². The zero-order valence-electron chi connectivity index (χ0n) is 10.9. The minimum Gasteiger partial charge on any atom is -0.325 e. The van der Waals surface area contributed by atoms with E-state index in [1.165, 1.54) is 30.5 Å². The molecule has 0 saturated heterocycles. The van der Waals surface area contributed by atoms with Gasteiger partial charge in [0.1, 0.15) is 0 Å². The van der Waals surface area contributed by atoms with Crippen molar-refractivity contribution in [3.8, 4) is 0 Å². The first kappa shape index (κ1) is 25.7. The van der Waals surface area contributed by atoms with E-state index in [9.17, 15) is 0 Å². The van der Waals surface area contributed by atoms with Crippen molar-refractivity contribution < 1.29 is 49.2 Å². The average molecular weight is 437 g/mol. The maximum absolute atomic E-state index is 7.56. The Balaban J connectivity index is -0.000000219. The molecule has 1 unspecified atom stereocenters. The van der Waals surface area contributed by atoms with Gasteiger partial charge in [-0.1, -0.05) is 0 Å². The predicted molar refractivity (Wildman–Crippen MR) is 80.0 cm³/mol. The predicted octanol–water partition coefficient (Wildman–Crippen LogP) is 1.54. The van der Waals surface area contributed by atoms with Crippen molar-refractivity contribution in [1.29, 1.82) is 0 Å². The van der Waals surface area contributed by atoms with Gasteiger partial charge in [-0.15, -0.1) is 0 Å². The summed E-state index contributed by atoms with van der Waals surface area (Å²) in [5.41, 5.74) is 0. The Morgan fingerprint density at radius 1 is 0.947 bits per heavy atom. The fourth-order valence-corrected chi connectivity index (χ4v) is 1.89. The van der Waals surface area contributed by atoms with Gasteiger partial charge in [-0.05, 0) is 23.6 Å². The molecule has 0 amide bonds. The molecule has 0 aromatic rings. The zero-order chi connectivity index (χ0) is 16.1. The van der Waals surface area contributed by atoms with Crippen molar-refractivity contribution in [3.63, 3.8) is 0 Å². The van der Waals surface area contributed by atoms with Crippen LogP contribution in [0.5, 0.6) is 0 Å². The molecule has 0 saturated carbocycles. The first-order valence-corrected chi connectivity index (χ1v) is 12.2. The van der Waals surface area contributed by atoms with E-state index in [1.54, 1.807) is 0 Å². The molecular weight excluding hydrogens is 414 g/mol.